The minimum Gasteiger partial charge on any atom is -0.493 e. The largest absolute Gasteiger partial charge is 0.493 e. The van der Waals surface area contributed by atoms with Gasteiger partial charge in [-0.1, -0.05) is 43.3 Å². The van der Waals surface area contributed by atoms with Crippen molar-refractivity contribution in [1.82, 2.24) is 5.32 Å². The van der Waals surface area contributed by atoms with Crippen molar-refractivity contribution in [3.63, 3.8) is 0 Å². The van der Waals surface area contributed by atoms with Crippen molar-refractivity contribution in [3.05, 3.63) is 42.5 Å². The van der Waals surface area contributed by atoms with Gasteiger partial charge in [0.1, 0.15) is 5.75 Å². The van der Waals surface area contributed by atoms with Gasteiger partial charge in [0.15, 0.2) is 0 Å². The second-order valence-electron chi connectivity index (χ2n) is 4.45. The Morgan fingerprint density at radius 3 is 2.71 bits per heavy atom. The quantitative estimate of drug-likeness (QED) is 0.850. The van der Waals surface area contributed by atoms with E-state index in [-0.39, 0.29) is 0 Å². The molecule has 2 nitrogen and oxygen atoms in total. The third-order valence-corrected chi connectivity index (χ3v) is 2.83. The molecule has 1 unspecified atom stereocenters. The molecule has 0 radical (unpaired) electrons. The van der Waals surface area contributed by atoms with Crippen LogP contribution < -0.4 is 10.1 Å². The van der Waals surface area contributed by atoms with Crippen molar-refractivity contribution in [1.29, 1.82) is 0 Å². The summed E-state index contributed by atoms with van der Waals surface area (Å²) in [6.07, 6.45) is 0. The van der Waals surface area contributed by atoms with Crippen LogP contribution in [0, 0.1) is 5.92 Å². The number of benzene rings is 2. The summed E-state index contributed by atoms with van der Waals surface area (Å²) >= 11 is 0. The molecule has 0 aliphatic heterocycles. The zero-order valence-corrected chi connectivity index (χ0v) is 10.4. The lowest BCUT2D eigenvalue weighted by Gasteiger charge is -2.14. The maximum absolute atomic E-state index is 5.89. The van der Waals surface area contributed by atoms with Crippen molar-refractivity contribution in [3.8, 4) is 5.75 Å². The molecule has 0 saturated heterocycles. The molecule has 0 aliphatic carbocycles. The Kier molecular flexibility index (Phi) is 3.99. The van der Waals surface area contributed by atoms with Crippen LogP contribution in [0.15, 0.2) is 42.5 Å². The Balaban J connectivity index is 2.13. The Hall–Kier alpha value is -1.54. The van der Waals surface area contributed by atoms with Gasteiger partial charge in [0, 0.05) is 17.8 Å². The summed E-state index contributed by atoms with van der Waals surface area (Å²) in [6, 6.07) is 14.5. The molecule has 0 saturated carbocycles. The van der Waals surface area contributed by atoms with E-state index in [1.165, 1.54) is 10.8 Å². The van der Waals surface area contributed by atoms with E-state index in [1.54, 1.807) is 0 Å². The van der Waals surface area contributed by atoms with Crippen molar-refractivity contribution in [2.45, 2.75) is 6.92 Å². The van der Waals surface area contributed by atoms with Crippen LogP contribution in [0.25, 0.3) is 10.8 Å². The SMILES string of the molecule is CNCC(C)COc1cccc2ccccc12. The fourth-order valence-electron chi connectivity index (χ4n) is 1.96. The van der Waals surface area contributed by atoms with Gasteiger partial charge in [0.25, 0.3) is 0 Å². The molecule has 17 heavy (non-hydrogen) atoms. The molecule has 0 fully saturated rings. The average molecular weight is 229 g/mol. The van der Waals surface area contributed by atoms with Gasteiger partial charge >= 0.3 is 0 Å². The maximum Gasteiger partial charge on any atom is 0.127 e. The number of hydrogen-bond acceptors (Lipinski definition) is 2. The van der Waals surface area contributed by atoms with Gasteiger partial charge in [-0.15, -0.1) is 0 Å². The number of nitrogens with one attached hydrogen (secondary N) is 1. The van der Waals surface area contributed by atoms with Crippen LogP contribution in [0.1, 0.15) is 6.92 Å². The van der Waals surface area contributed by atoms with Crippen LogP contribution in [-0.2, 0) is 0 Å². The highest BCUT2D eigenvalue weighted by atomic mass is 16.5. The second-order valence-corrected chi connectivity index (χ2v) is 4.45. The van der Waals surface area contributed by atoms with Crippen LogP contribution in [0.4, 0.5) is 0 Å². The van der Waals surface area contributed by atoms with Gasteiger partial charge in [0.2, 0.25) is 0 Å². The highest BCUT2D eigenvalue weighted by Crippen LogP contribution is 2.25. The Bertz CT molecular complexity index is 476. The van der Waals surface area contributed by atoms with Crippen LogP contribution in [-0.4, -0.2) is 20.2 Å². The highest BCUT2D eigenvalue weighted by molar-refractivity contribution is 5.88. The molecule has 0 aliphatic rings. The molecule has 0 aromatic heterocycles. The fourth-order valence-corrected chi connectivity index (χ4v) is 1.96. The Labute approximate surface area is 103 Å². The third kappa shape index (κ3) is 2.98. The second kappa shape index (κ2) is 5.69. The predicted molar refractivity (Wildman–Crippen MR) is 72.5 cm³/mol. The van der Waals surface area contributed by atoms with Crippen molar-refractivity contribution in [2.24, 2.45) is 5.92 Å². The summed E-state index contributed by atoms with van der Waals surface area (Å²) < 4.78 is 5.89. The lowest BCUT2D eigenvalue weighted by Crippen LogP contribution is -2.21. The summed E-state index contributed by atoms with van der Waals surface area (Å²) in [4.78, 5) is 0. The summed E-state index contributed by atoms with van der Waals surface area (Å²) in [6.45, 7) is 3.90. The lowest BCUT2D eigenvalue weighted by molar-refractivity contribution is 0.261. The molecule has 0 amide bonds. The minimum absolute atomic E-state index is 0.513. The van der Waals surface area contributed by atoms with E-state index in [1.807, 2.05) is 25.2 Å². The summed E-state index contributed by atoms with van der Waals surface area (Å²) in [5, 5.41) is 5.58. The number of ether oxygens (including phenoxy) is 1. The van der Waals surface area contributed by atoms with Crippen LogP contribution in [0.3, 0.4) is 0 Å². The summed E-state index contributed by atoms with van der Waals surface area (Å²) in [5.74, 6) is 1.49. The highest BCUT2D eigenvalue weighted by Gasteiger charge is 2.04. The van der Waals surface area contributed by atoms with E-state index in [4.69, 9.17) is 4.74 Å². The van der Waals surface area contributed by atoms with Gasteiger partial charge in [-0.05, 0) is 18.5 Å². The minimum atomic E-state index is 0.513. The molecule has 2 rings (SSSR count). The maximum atomic E-state index is 5.89. The van der Waals surface area contributed by atoms with Gasteiger partial charge in [0.05, 0.1) is 6.61 Å². The topological polar surface area (TPSA) is 21.3 Å². The zero-order chi connectivity index (χ0) is 12.1. The van der Waals surface area contributed by atoms with Crippen LogP contribution in [0.2, 0.25) is 0 Å². The van der Waals surface area contributed by atoms with Crippen molar-refractivity contribution < 1.29 is 4.74 Å². The number of fused-ring (bicyclic) bond motifs is 1. The molecule has 0 spiro atoms. The van der Waals surface area contributed by atoms with E-state index >= 15 is 0 Å². The van der Waals surface area contributed by atoms with Crippen molar-refractivity contribution >= 4 is 10.8 Å². The standard InChI is InChI=1S/C15H19NO/c1-12(10-16-2)11-17-15-9-5-7-13-6-3-4-8-14(13)15/h3-9,12,16H,10-11H2,1-2H3. The van der Waals surface area contributed by atoms with Gasteiger partial charge in [-0.25, -0.2) is 0 Å². The molecule has 1 atom stereocenters. The first-order valence-corrected chi connectivity index (χ1v) is 6.06. The average Bonchev–Trinajstić information content (AvgIpc) is 2.36. The van der Waals surface area contributed by atoms with E-state index in [0.717, 1.165) is 18.9 Å². The smallest absolute Gasteiger partial charge is 0.127 e. The Morgan fingerprint density at radius 1 is 1.12 bits per heavy atom. The first-order chi connectivity index (χ1) is 8.31. The summed E-state index contributed by atoms with van der Waals surface area (Å²) in [7, 11) is 1.97. The third-order valence-electron chi connectivity index (χ3n) is 2.83. The lowest BCUT2D eigenvalue weighted by atomic mass is 10.1. The number of rotatable bonds is 5. The molecule has 2 heteroatoms. The van der Waals surface area contributed by atoms with Gasteiger partial charge in [-0.2, -0.15) is 0 Å². The molecule has 0 bridgehead atoms. The molecule has 2 aromatic rings. The van der Waals surface area contributed by atoms with Crippen LogP contribution >= 0.6 is 0 Å². The first kappa shape index (κ1) is 11.9. The molecule has 0 heterocycles. The van der Waals surface area contributed by atoms with Crippen LogP contribution in [0.5, 0.6) is 5.75 Å². The first-order valence-electron chi connectivity index (χ1n) is 6.06. The molecule has 90 valence electrons. The normalized spacial score (nSPS) is 12.6. The molecular weight excluding hydrogens is 210 g/mol. The van der Waals surface area contributed by atoms with Crippen molar-refractivity contribution in [2.75, 3.05) is 20.2 Å². The number of hydrogen-bond donors (Lipinski definition) is 1. The molecule has 1 N–H and O–H groups in total. The summed E-state index contributed by atoms with van der Waals surface area (Å²) in [5.41, 5.74) is 0. The van der Waals surface area contributed by atoms with E-state index in [2.05, 4.69) is 36.5 Å². The van der Waals surface area contributed by atoms with Gasteiger partial charge < -0.3 is 10.1 Å². The monoisotopic (exact) mass is 229 g/mol. The van der Waals surface area contributed by atoms with Gasteiger partial charge in [-0.3, -0.25) is 0 Å². The van der Waals surface area contributed by atoms with E-state index in [9.17, 15) is 0 Å². The predicted octanol–water partition coefficient (Wildman–Crippen LogP) is 3.07. The Morgan fingerprint density at radius 2 is 1.88 bits per heavy atom. The van der Waals surface area contributed by atoms with E-state index in [0.29, 0.717) is 5.92 Å². The molecular formula is C15H19NO. The van der Waals surface area contributed by atoms with E-state index < -0.39 is 0 Å². The zero-order valence-electron chi connectivity index (χ0n) is 10.4. The molecule has 2 aromatic carbocycles. The fraction of sp³-hybridized carbons (Fsp3) is 0.333.